The number of hydrogen-bond acceptors (Lipinski definition) is 4. The number of thiophene rings is 1. The molecule has 4 nitrogen and oxygen atoms in total. The van der Waals surface area contributed by atoms with Crippen molar-refractivity contribution < 1.29 is 18.7 Å². The zero-order chi connectivity index (χ0) is 15.7. The van der Waals surface area contributed by atoms with E-state index in [1.807, 2.05) is 0 Å². The Morgan fingerprint density at radius 2 is 2.00 bits per heavy atom. The maximum atomic E-state index is 13.2. The molecule has 0 bridgehead atoms. The molecule has 1 amide bonds. The third kappa shape index (κ3) is 2.97. The lowest BCUT2D eigenvalue weighted by Gasteiger charge is -2.20. The molecule has 1 atom stereocenters. The molecule has 1 aromatic carbocycles. The van der Waals surface area contributed by atoms with Gasteiger partial charge in [-0.3, -0.25) is 4.79 Å². The second-order valence-corrected chi connectivity index (χ2v) is 6.46. The van der Waals surface area contributed by atoms with Crippen LogP contribution in [-0.4, -0.2) is 36.0 Å². The van der Waals surface area contributed by atoms with E-state index in [9.17, 15) is 14.0 Å². The van der Waals surface area contributed by atoms with Crippen LogP contribution < -0.4 is 0 Å². The normalized spacial score (nSPS) is 16.0. The van der Waals surface area contributed by atoms with Gasteiger partial charge < -0.3 is 9.64 Å². The van der Waals surface area contributed by atoms with Gasteiger partial charge in [0, 0.05) is 17.8 Å². The van der Waals surface area contributed by atoms with E-state index >= 15 is 0 Å². The number of likely N-dealkylation sites (tertiary alicyclic amines) is 1. The van der Waals surface area contributed by atoms with Crippen molar-refractivity contribution in [3.05, 3.63) is 35.0 Å². The molecule has 0 aliphatic carbocycles. The van der Waals surface area contributed by atoms with Crippen molar-refractivity contribution in [2.24, 2.45) is 0 Å². The standard InChI is InChI=1S/C16H16FNO3S/c1-10(15(19)18-6-2-3-7-18)21-16(20)14-9-11-8-12(17)4-5-13(11)22-14/h4-5,8-10H,2-3,6-7H2,1H3/t10-/m1/s1. The lowest BCUT2D eigenvalue weighted by atomic mass is 10.2. The minimum Gasteiger partial charge on any atom is -0.448 e. The molecule has 1 fully saturated rings. The Kier molecular flexibility index (Phi) is 4.11. The van der Waals surface area contributed by atoms with Gasteiger partial charge in [-0.1, -0.05) is 0 Å². The van der Waals surface area contributed by atoms with Crippen molar-refractivity contribution in [2.75, 3.05) is 13.1 Å². The molecule has 0 spiro atoms. The van der Waals surface area contributed by atoms with Crippen LogP contribution in [0.1, 0.15) is 29.4 Å². The first-order chi connectivity index (χ1) is 10.5. The summed E-state index contributed by atoms with van der Waals surface area (Å²) in [4.78, 5) is 26.4. The fourth-order valence-corrected chi connectivity index (χ4v) is 3.50. The Labute approximate surface area is 131 Å². The highest BCUT2D eigenvalue weighted by atomic mass is 32.1. The first-order valence-corrected chi connectivity index (χ1v) is 8.05. The van der Waals surface area contributed by atoms with Gasteiger partial charge in [0.05, 0.1) is 0 Å². The van der Waals surface area contributed by atoms with Gasteiger partial charge >= 0.3 is 5.97 Å². The predicted octanol–water partition coefficient (Wildman–Crippen LogP) is 3.21. The molecular weight excluding hydrogens is 305 g/mol. The number of carbonyl (C=O) groups excluding carboxylic acids is 2. The van der Waals surface area contributed by atoms with Gasteiger partial charge in [-0.2, -0.15) is 0 Å². The highest BCUT2D eigenvalue weighted by Crippen LogP contribution is 2.27. The van der Waals surface area contributed by atoms with E-state index in [4.69, 9.17) is 4.74 Å². The lowest BCUT2D eigenvalue weighted by molar-refractivity contribution is -0.138. The number of benzene rings is 1. The average molecular weight is 321 g/mol. The largest absolute Gasteiger partial charge is 0.448 e. The van der Waals surface area contributed by atoms with Crippen LogP contribution in [0.2, 0.25) is 0 Å². The lowest BCUT2D eigenvalue weighted by Crippen LogP contribution is -2.38. The van der Waals surface area contributed by atoms with Crippen LogP contribution in [0.3, 0.4) is 0 Å². The van der Waals surface area contributed by atoms with Crippen molar-refractivity contribution in [3.63, 3.8) is 0 Å². The number of hydrogen-bond donors (Lipinski definition) is 0. The maximum Gasteiger partial charge on any atom is 0.349 e. The molecule has 0 radical (unpaired) electrons. The number of carbonyl (C=O) groups is 2. The van der Waals surface area contributed by atoms with Crippen LogP contribution in [0.15, 0.2) is 24.3 Å². The minimum absolute atomic E-state index is 0.155. The van der Waals surface area contributed by atoms with Gasteiger partial charge in [0.15, 0.2) is 6.10 Å². The third-order valence-corrected chi connectivity index (χ3v) is 4.82. The molecule has 1 aromatic heterocycles. The summed E-state index contributed by atoms with van der Waals surface area (Å²) in [6.07, 6.45) is 1.19. The second kappa shape index (κ2) is 6.04. The molecule has 1 aliphatic heterocycles. The molecule has 2 heterocycles. The third-order valence-electron chi connectivity index (χ3n) is 3.73. The van der Waals surface area contributed by atoms with E-state index in [-0.39, 0.29) is 11.7 Å². The van der Waals surface area contributed by atoms with Crippen LogP contribution in [-0.2, 0) is 9.53 Å². The molecule has 3 rings (SSSR count). The molecule has 1 saturated heterocycles. The first kappa shape index (κ1) is 15.0. The Hall–Kier alpha value is -1.95. The summed E-state index contributed by atoms with van der Waals surface area (Å²) in [5.74, 6) is -1.04. The molecule has 116 valence electrons. The fourth-order valence-electron chi connectivity index (χ4n) is 2.58. The minimum atomic E-state index is -0.799. The number of amides is 1. The summed E-state index contributed by atoms with van der Waals surface area (Å²) < 4.78 is 19.2. The summed E-state index contributed by atoms with van der Waals surface area (Å²) in [6.45, 7) is 3.04. The molecule has 22 heavy (non-hydrogen) atoms. The van der Waals surface area contributed by atoms with Crippen molar-refractivity contribution in [1.82, 2.24) is 4.90 Å². The molecule has 0 N–H and O–H groups in total. The number of esters is 1. The molecule has 0 unspecified atom stereocenters. The number of fused-ring (bicyclic) bond motifs is 1. The second-order valence-electron chi connectivity index (χ2n) is 5.37. The van der Waals surface area contributed by atoms with Crippen molar-refractivity contribution in [1.29, 1.82) is 0 Å². The van der Waals surface area contributed by atoms with Gasteiger partial charge in [0.1, 0.15) is 10.7 Å². The van der Waals surface area contributed by atoms with Gasteiger partial charge in [0.2, 0.25) is 0 Å². The molecule has 2 aromatic rings. The molecular formula is C16H16FNO3S. The van der Waals surface area contributed by atoms with E-state index in [1.165, 1.54) is 23.5 Å². The number of nitrogens with zero attached hydrogens (tertiary/aromatic N) is 1. The van der Waals surface area contributed by atoms with Gasteiger partial charge in [-0.25, -0.2) is 9.18 Å². The van der Waals surface area contributed by atoms with E-state index in [0.29, 0.717) is 10.3 Å². The zero-order valence-corrected chi connectivity index (χ0v) is 13.0. The maximum absolute atomic E-state index is 13.2. The monoisotopic (exact) mass is 321 g/mol. The first-order valence-electron chi connectivity index (χ1n) is 7.23. The Morgan fingerprint density at radius 3 is 2.73 bits per heavy atom. The van der Waals surface area contributed by atoms with Crippen molar-refractivity contribution in [2.45, 2.75) is 25.9 Å². The fraction of sp³-hybridized carbons (Fsp3) is 0.375. The summed E-state index contributed by atoms with van der Waals surface area (Å²) in [6, 6.07) is 5.96. The van der Waals surface area contributed by atoms with Crippen LogP contribution in [0.5, 0.6) is 0 Å². The van der Waals surface area contributed by atoms with Gasteiger partial charge in [-0.05, 0) is 49.4 Å². The summed E-state index contributed by atoms with van der Waals surface area (Å²) in [7, 11) is 0. The molecule has 6 heteroatoms. The Morgan fingerprint density at radius 1 is 1.27 bits per heavy atom. The quantitative estimate of drug-likeness (QED) is 0.816. The summed E-state index contributed by atoms with van der Waals surface area (Å²) in [5, 5.41) is 0.662. The van der Waals surface area contributed by atoms with E-state index in [1.54, 1.807) is 24.0 Å². The van der Waals surface area contributed by atoms with Crippen LogP contribution in [0, 0.1) is 5.82 Å². The SMILES string of the molecule is C[C@@H](OC(=O)c1cc2cc(F)ccc2s1)C(=O)N1CCCC1. The molecule has 1 aliphatic rings. The summed E-state index contributed by atoms with van der Waals surface area (Å²) in [5.41, 5.74) is 0. The smallest absolute Gasteiger partial charge is 0.349 e. The average Bonchev–Trinajstić information content (AvgIpc) is 3.14. The molecule has 0 saturated carbocycles. The topological polar surface area (TPSA) is 46.6 Å². The van der Waals surface area contributed by atoms with Gasteiger partial charge in [-0.15, -0.1) is 11.3 Å². The van der Waals surface area contributed by atoms with E-state index in [0.717, 1.165) is 30.6 Å². The van der Waals surface area contributed by atoms with Crippen LogP contribution in [0.4, 0.5) is 4.39 Å². The highest BCUT2D eigenvalue weighted by Gasteiger charge is 2.26. The highest BCUT2D eigenvalue weighted by molar-refractivity contribution is 7.20. The van der Waals surface area contributed by atoms with Crippen molar-refractivity contribution >= 4 is 33.3 Å². The Balaban J connectivity index is 1.70. The van der Waals surface area contributed by atoms with Crippen LogP contribution in [0.25, 0.3) is 10.1 Å². The van der Waals surface area contributed by atoms with E-state index in [2.05, 4.69) is 0 Å². The number of rotatable bonds is 3. The number of halogens is 1. The Bertz CT molecular complexity index is 721. The van der Waals surface area contributed by atoms with Gasteiger partial charge in [0.25, 0.3) is 5.91 Å². The van der Waals surface area contributed by atoms with E-state index < -0.39 is 12.1 Å². The zero-order valence-electron chi connectivity index (χ0n) is 12.2. The number of ether oxygens (including phenoxy) is 1. The predicted molar refractivity (Wildman–Crippen MR) is 82.5 cm³/mol. The van der Waals surface area contributed by atoms with Crippen molar-refractivity contribution in [3.8, 4) is 0 Å². The summed E-state index contributed by atoms with van der Waals surface area (Å²) >= 11 is 1.23. The van der Waals surface area contributed by atoms with Crippen LogP contribution >= 0.6 is 11.3 Å².